The number of benzene rings is 1. The Morgan fingerprint density at radius 1 is 1.17 bits per heavy atom. The monoisotopic (exact) mass is 527 g/mol. The maximum Gasteiger partial charge on any atom is 0.232 e. The highest BCUT2D eigenvalue weighted by Gasteiger charge is 2.22. The first kappa shape index (κ1) is 24.4. The summed E-state index contributed by atoms with van der Waals surface area (Å²) in [6, 6.07) is 8.58. The summed E-state index contributed by atoms with van der Waals surface area (Å²) >= 11 is 6.44. The van der Waals surface area contributed by atoms with Crippen molar-refractivity contribution >= 4 is 50.0 Å². The van der Waals surface area contributed by atoms with Crippen LogP contribution in [0.5, 0.6) is 0 Å². The molecule has 188 valence electrons. The number of halogens is 1. The number of imidazole rings is 1. The molecular formula is C24H26ClN7O3S. The van der Waals surface area contributed by atoms with Crippen LogP contribution < -0.4 is 10.0 Å². The molecule has 3 aromatic heterocycles. The number of anilines is 3. The Labute approximate surface area is 214 Å². The van der Waals surface area contributed by atoms with Crippen LogP contribution in [0.15, 0.2) is 49.2 Å². The molecule has 0 spiro atoms. The van der Waals surface area contributed by atoms with Gasteiger partial charge in [-0.1, -0.05) is 18.5 Å². The Kier molecular flexibility index (Phi) is 7.04. The van der Waals surface area contributed by atoms with Crippen LogP contribution in [-0.4, -0.2) is 45.3 Å². The number of nitrogens with one attached hydrogen (secondary N) is 2. The number of pyridine rings is 1. The second-order valence-electron chi connectivity index (χ2n) is 8.51. The fraction of sp³-hybridized carbons (Fsp3) is 0.333. The van der Waals surface area contributed by atoms with Crippen LogP contribution in [-0.2, 0) is 14.8 Å². The summed E-state index contributed by atoms with van der Waals surface area (Å²) in [5.41, 5.74) is 3.54. The topological polar surface area (TPSA) is 124 Å². The largest absolute Gasteiger partial charge is 0.358 e. The molecule has 1 atom stereocenters. The van der Waals surface area contributed by atoms with E-state index in [1.165, 1.54) is 6.33 Å². The van der Waals surface area contributed by atoms with Gasteiger partial charge in [-0.3, -0.25) is 9.29 Å². The Morgan fingerprint density at radius 2 is 2.06 bits per heavy atom. The van der Waals surface area contributed by atoms with Gasteiger partial charge in [-0.25, -0.2) is 28.4 Å². The maximum absolute atomic E-state index is 12.2. The summed E-state index contributed by atoms with van der Waals surface area (Å²) in [6.45, 7) is 2.53. The highest BCUT2D eigenvalue weighted by atomic mass is 35.5. The molecule has 1 saturated heterocycles. The Balaban J connectivity index is 1.50. The van der Waals surface area contributed by atoms with Crippen LogP contribution in [0.4, 0.5) is 17.2 Å². The van der Waals surface area contributed by atoms with Gasteiger partial charge in [0.15, 0.2) is 5.65 Å². The van der Waals surface area contributed by atoms with Gasteiger partial charge in [0.2, 0.25) is 10.0 Å². The van der Waals surface area contributed by atoms with Crippen molar-refractivity contribution < 1.29 is 13.2 Å². The first-order valence-corrected chi connectivity index (χ1v) is 13.8. The van der Waals surface area contributed by atoms with Crippen molar-refractivity contribution in [2.45, 2.75) is 38.8 Å². The van der Waals surface area contributed by atoms with Crippen molar-refractivity contribution in [2.75, 3.05) is 22.4 Å². The molecule has 1 unspecified atom stereocenters. The van der Waals surface area contributed by atoms with E-state index in [9.17, 15) is 8.42 Å². The van der Waals surface area contributed by atoms with Gasteiger partial charge in [-0.2, -0.15) is 0 Å². The standard InChI is InChI=1S/C24H26ClN7O3S/c1-2-12-36(33,34)31-16-8-9-18(25)19(13-16)30-23-17(6-5-10-26-23)21-22-24(28-14-27-21)32(15-29-22)20-7-3-4-11-35-20/h5-6,8-10,13-15,20,31H,2-4,7,11-12H2,1H3,(H,26,30). The number of hydrogen-bond acceptors (Lipinski definition) is 8. The lowest BCUT2D eigenvalue weighted by Gasteiger charge is -2.23. The van der Waals surface area contributed by atoms with Crippen molar-refractivity contribution in [3.8, 4) is 11.3 Å². The minimum Gasteiger partial charge on any atom is -0.358 e. The molecule has 4 aromatic rings. The van der Waals surface area contributed by atoms with Crippen LogP contribution >= 0.6 is 11.6 Å². The molecule has 4 heterocycles. The first-order valence-electron chi connectivity index (χ1n) is 11.8. The minimum atomic E-state index is -3.44. The lowest BCUT2D eigenvalue weighted by Crippen LogP contribution is -2.17. The third kappa shape index (κ3) is 5.13. The maximum atomic E-state index is 12.2. The number of rotatable bonds is 8. The number of aromatic nitrogens is 5. The fourth-order valence-corrected chi connectivity index (χ4v) is 5.50. The molecule has 1 aliphatic rings. The van der Waals surface area contributed by atoms with Crippen molar-refractivity contribution in [2.24, 2.45) is 0 Å². The third-order valence-electron chi connectivity index (χ3n) is 5.85. The quantitative estimate of drug-likeness (QED) is 0.323. The summed E-state index contributed by atoms with van der Waals surface area (Å²) in [7, 11) is -3.44. The van der Waals surface area contributed by atoms with Gasteiger partial charge >= 0.3 is 0 Å². The van der Waals surface area contributed by atoms with E-state index in [1.54, 1.807) is 30.7 Å². The van der Waals surface area contributed by atoms with Gasteiger partial charge < -0.3 is 10.1 Å². The third-order valence-corrected chi connectivity index (χ3v) is 7.68. The summed E-state index contributed by atoms with van der Waals surface area (Å²) in [6.07, 6.45) is 8.36. The fourth-order valence-electron chi connectivity index (χ4n) is 4.21. The molecule has 0 bridgehead atoms. The zero-order valence-electron chi connectivity index (χ0n) is 19.7. The van der Waals surface area contributed by atoms with Crippen LogP contribution in [0.3, 0.4) is 0 Å². The number of ether oxygens (including phenoxy) is 1. The normalized spacial score (nSPS) is 16.2. The Hall–Kier alpha value is -3.28. The average molecular weight is 528 g/mol. The van der Waals surface area contributed by atoms with Crippen LogP contribution in [0.2, 0.25) is 5.02 Å². The molecule has 1 aromatic carbocycles. The molecule has 0 radical (unpaired) electrons. The summed E-state index contributed by atoms with van der Waals surface area (Å²) in [4.78, 5) is 18.1. The number of sulfonamides is 1. The number of nitrogens with zero attached hydrogens (tertiary/aromatic N) is 5. The molecule has 0 aliphatic carbocycles. The molecule has 10 nitrogen and oxygen atoms in total. The smallest absolute Gasteiger partial charge is 0.232 e. The van der Waals surface area contributed by atoms with Gasteiger partial charge in [-0.05, 0) is 56.0 Å². The van der Waals surface area contributed by atoms with Crippen LogP contribution in [0.1, 0.15) is 38.8 Å². The lowest BCUT2D eigenvalue weighted by molar-refractivity contribution is -0.0298. The molecular weight excluding hydrogens is 502 g/mol. The lowest BCUT2D eigenvalue weighted by atomic mass is 10.1. The predicted octanol–water partition coefficient (Wildman–Crippen LogP) is 5.14. The summed E-state index contributed by atoms with van der Waals surface area (Å²) < 4.78 is 34.9. The van der Waals surface area contributed by atoms with E-state index >= 15 is 0 Å². The summed E-state index contributed by atoms with van der Waals surface area (Å²) in [5, 5.41) is 3.65. The molecule has 36 heavy (non-hydrogen) atoms. The van der Waals surface area contributed by atoms with E-state index < -0.39 is 10.0 Å². The Bertz CT molecular complexity index is 1490. The predicted molar refractivity (Wildman–Crippen MR) is 140 cm³/mol. The summed E-state index contributed by atoms with van der Waals surface area (Å²) in [5.74, 6) is 0.529. The molecule has 2 N–H and O–H groups in total. The first-order chi connectivity index (χ1) is 17.4. The highest BCUT2D eigenvalue weighted by Crippen LogP contribution is 2.35. The van der Waals surface area contributed by atoms with Crippen LogP contribution in [0.25, 0.3) is 22.4 Å². The number of fused-ring (bicyclic) bond motifs is 1. The van der Waals surface area contributed by atoms with Gasteiger partial charge in [-0.15, -0.1) is 0 Å². The van der Waals surface area contributed by atoms with E-state index in [2.05, 4.69) is 30.0 Å². The van der Waals surface area contributed by atoms with Crippen LogP contribution in [0, 0.1) is 0 Å². The van der Waals surface area contributed by atoms with Gasteiger partial charge in [0.25, 0.3) is 0 Å². The SMILES string of the molecule is CCCS(=O)(=O)Nc1ccc(Cl)c(Nc2ncccc2-c2ncnc3c2ncn3C2CCCCO2)c1. The molecule has 5 rings (SSSR count). The molecule has 0 saturated carbocycles. The molecule has 1 aliphatic heterocycles. The van der Waals surface area contributed by atoms with Gasteiger partial charge in [0.1, 0.15) is 29.6 Å². The number of hydrogen-bond donors (Lipinski definition) is 2. The molecule has 1 fully saturated rings. The Morgan fingerprint density at radius 3 is 2.86 bits per heavy atom. The van der Waals surface area contributed by atoms with Crippen molar-refractivity contribution in [3.63, 3.8) is 0 Å². The molecule has 12 heteroatoms. The minimum absolute atomic E-state index is 0.0328. The highest BCUT2D eigenvalue weighted by molar-refractivity contribution is 7.92. The van der Waals surface area contributed by atoms with Gasteiger partial charge in [0, 0.05) is 18.4 Å². The second kappa shape index (κ2) is 10.4. The average Bonchev–Trinajstić information content (AvgIpc) is 3.31. The van der Waals surface area contributed by atoms with Gasteiger partial charge in [0.05, 0.1) is 28.5 Å². The van der Waals surface area contributed by atoms with E-state index in [0.29, 0.717) is 57.7 Å². The van der Waals surface area contributed by atoms with E-state index in [4.69, 9.17) is 16.3 Å². The zero-order valence-corrected chi connectivity index (χ0v) is 21.3. The van der Waals surface area contributed by atoms with Crippen molar-refractivity contribution in [1.82, 2.24) is 24.5 Å². The molecule has 0 amide bonds. The van der Waals surface area contributed by atoms with Crippen molar-refractivity contribution in [1.29, 1.82) is 0 Å². The second-order valence-corrected chi connectivity index (χ2v) is 10.8. The van der Waals surface area contributed by atoms with E-state index in [-0.39, 0.29) is 12.0 Å². The van der Waals surface area contributed by atoms with Crippen molar-refractivity contribution in [3.05, 3.63) is 54.2 Å². The van der Waals surface area contributed by atoms with E-state index in [0.717, 1.165) is 19.3 Å². The zero-order chi connectivity index (χ0) is 25.1. The van der Waals surface area contributed by atoms with E-state index in [1.807, 2.05) is 23.6 Å².